The standard InChI is InChI=1S/C20H26ClN3O3/c1-13(2)9-15(12-25)24(11-14(3)22-4)20(26)18-10-19(27-23-18)16-7-5-6-8-17(16)21/h5-8,10,12-15,22H,9,11H2,1-4H3. The highest BCUT2D eigenvalue weighted by Gasteiger charge is 2.29. The van der Waals surface area contributed by atoms with E-state index >= 15 is 0 Å². The van der Waals surface area contributed by atoms with Crippen LogP contribution in [0.3, 0.4) is 0 Å². The average molecular weight is 392 g/mol. The van der Waals surface area contributed by atoms with Crippen LogP contribution in [0.25, 0.3) is 11.3 Å². The monoisotopic (exact) mass is 391 g/mol. The van der Waals surface area contributed by atoms with Crippen molar-refractivity contribution in [3.8, 4) is 11.3 Å². The number of amides is 1. The van der Waals surface area contributed by atoms with Crippen LogP contribution in [-0.4, -0.2) is 47.9 Å². The number of likely N-dealkylation sites (N-methyl/N-ethyl adjacent to an activating group) is 1. The lowest BCUT2D eigenvalue weighted by Crippen LogP contribution is -2.48. The molecule has 0 spiro atoms. The van der Waals surface area contributed by atoms with Gasteiger partial charge in [-0.25, -0.2) is 0 Å². The number of carbonyl (C=O) groups is 2. The maximum atomic E-state index is 13.1. The molecule has 2 unspecified atom stereocenters. The van der Waals surface area contributed by atoms with E-state index in [9.17, 15) is 9.59 Å². The molecule has 0 aliphatic rings. The molecule has 0 aliphatic heterocycles. The molecule has 1 aromatic carbocycles. The predicted octanol–water partition coefficient (Wildman–Crippen LogP) is 3.66. The first-order valence-electron chi connectivity index (χ1n) is 9.02. The van der Waals surface area contributed by atoms with E-state index in [1.807, 2.05) is 40.0 Å². The number of hydrogen-bond acceptors (Lipinski definition) is 5. The Bertz CT molecular complexity index is 775. The van der Waals surface area contributed by atoms with Gasteiger partial charge in [-0.2, -0.15) is 0 Å². The highest BCUT2D eigenvalue weighted by molar-refractivity contribution is 6.33. The van der Waals surface area contributed by atoms with Crippen molar-refractivity contribution < 1.29 is 14.1 Å². The lowest BCUT2D eigenvalue weighted by Gasteiger charge is -2.31. The first kappa shape index (κ1) is 21.1. The van der Waals surface area contributed by atoms with Crippen LogP contribution in [0.15, 0.2) is 34.9 Å². The molecule has 2 rings (SSSR count). The van der Waals surface area contributed by atoms with Gasteiger partial charge in [-0.15, -0.1) is 0 Å². The van der Waals surface area contributed by atoms with E-state index < -0.39 is 6.04 Å². The quantitative estimate of drug-likeness (QED) is 0.660. The van der Waals surface area contributed by atoms with Crippen molar-refractivity contribution in [1.82, 2.24) is 15.4 Å². The SMILES string of the molecule is CNC(C)CN(C(=O)c1cc(-c2ccccc2Cl)on1)C(C=O)CC(C)C. The molecule has 2 aromatic rings. The molecule has 6 nitrogen and oxygen atoms in total. The zero-order valence-corrected chi connectivity index (χ0v) is 16.9. The fourth-order valence-electron chi connectivity index (χ4n) is 2.81. The van der Waals surface area contributed by atoms with E-state index in [1.165, 1.54) is 0 Å². The van der Waals surface area contributed by atoms with Crippen LogP contribution < -0.4 is 5.32 Å². The molecule has 1 aromatic heterocycles. The number of hydrogen-bond donors (Lipinski definition) is 1. The predicted molar refractivity (Wildman–Crippen MR) is 106 cm³/mol. The Kier molecular flexibility index (Phi) is 7.56. The van der Waals surface area contributed by atoms with Crippen molar-refractivity contribution in [2.45, 2.75) is 39.3 Å². The normalized spacial score (nSPS) is 13.4. The van der Waals surface area contributed by atoms with Crippen molar-refractivity contribution in [2.75, 3.05) is 13.6 Å². The van der Waals surface area contributed by atoms with Crippen molar-refractivity contribution in [3.63, 3.8) is 0 Å². The number of benzene rings is 1. The molecule has 7 heteroatoms. The molecular formula is C20H26ClN3O3. The number of rotatable bonds is 9. The summed E-state index contributed by atoms with van der Waals surface area (Å²) in [5.41, 5.74) is 0.818. The molecule has 0 saturated carbocycles. The van der Waals surface area contributed by atoms with Gasteiger partial charge in [0.25, 0.3) is 5.91 Å². The highest BCUT2D eigenvalue weighted by Crippen LogP contribution is 2.28. The number of aldehydes is 1. The van der Waals surface area contributed by atoms with Crippen molar-refractivity contribution in [2.24, 2.45) is 5.92 Å². The minimum absolute atomic E-state index is 0.0264. The van der Waals surface area contributed by atoms with E-state index in [0.29, 0.717) is 29.3 Å². The van der Waals surface area contributed by atoms with E-state index in [-0.39, 0.29) is 23.6 Å². The van der Waals surface area contributed by atoms with Gasteiger partial charge in [0.15, 0.2) is 11.5 Å². The van der Waals surface area contributed by atoms with Crippen molar-refractivity contribution >= 4 is 23.8 Å². The number of aromatic nitrogens is 1. The smallest absolute Gasteiger partial charge is 0.276 e. The summed E-state index contributed by atoms with van der Waals surface area (Å²) >= 11 is 6.19. The summed E-state index contributed by atoms with van der Waals surface area (Å²) in [5, 5.41) is 7.54. The molecule has 1 heterocycles. The van der Waals surface area contributed by atoms with Crippen molar-refractivity contribution in [3.05, 3.63) is 41.0 Å². The molecule has 0 fully saturated rings. The minimum atomic E-state index is -0.520. The Morgan fingerprint density at radius 3 is 2.63 bits per heavy atom. The van der Waals surface area contributed by atoms with Gasteiger partial charge in [0.05, 0.1) is 11.1 Å². The molecule has 0 aliphatic carbocycles. The molecule has 1 N–H and O–H groups in total. The first-order chi connectivity index (χ1) is 12.9. The Hall–Kier alpha value is -2.18. The van der Waals surface area contributed by atoms with Gasteiger partial charge in [-0.1, -0.05) is 42.7 Å². The lowest BCUT2D eigenvalue weighted by molar-refractivity contribution is -0.112. The Morgan fingerprint density at radius 1 is 1.33 bits per heavy atom. The Morgan fingerprint density at radius 2 is 2.04 bits per heavy atom. The highest BCUT2D eigenvalue weighted by atomic mass is 35.5. The van der Waals surface area contributed by atoms with Crippen LogP contribution in [0, 0.1) is 5.92 Å². The molecule has 146 valence electrons. The maximum Gasteiger partial charge on any atom is 0.276 e. The maximum absolute atomic E-state index is 13.1. The third-order valence-electron chi connectivity index (χ3n) is 4.36. The van der Waals surface area contributed by atoms with Crippen LogP contribution in [0.5, 0.6) is 0 Å². The molecule has 27 heavy (non-hydrogen) atoms. The van der Waals surface area contributed by atoms with Crippen LogP contribution >= 0.6 is 11.6 Å². The van der Waals surface area contributed by atoms with Gasteiger partial charge in [0.1, 0.15) is 6.29 Å². The number of nitrogens with zero attached hydrogens (tertiary/aromatic N) is 2. The van der Waals surface area contributed by atoms with Crippen LogP contribution in [0.4, 0.5) is 0 Å². The van der Waals surface area contributed by atoms with Crippen LogP contribution in [-0.2, 0) is 4.79 Å². The summed E-state index contributed by atoms with van der Waals surface area (Å²) < 4.78 is 5.34. The number of halogens is 1. The molecule has 0 radical (unpaired) electrons. The van der Waals surface area contributed by atoms with Gasteiger partial charge < -0.3 is 19.5 Å². The summed E-state index contributed by atoms with van der Waals surface area (Å²) in [6.45, 7) is 6.38. The molecular weight excluding hydrogens is 366 g/mol. The first-order valence-corrected chi connectivity index (χ1v) is 9.40. The van der Waals surface area contributed by atoms with E-state index in [1.54, 1.807) is 23.1 Å². The zero-order chi connectivity index (χ0) is 20.0. The molecule has 1 amide bonds. The fraction of sp³-hybridized carbons (Fsp3) is 0.450. The zero-order valence-electron chi connectivity index (χ0n) is 16.1. The summed E-state index contributed by atoms with van der Waals surface area (Å²) in [4.78, 5) is 26.3. The molecule has 0 saturated heterocycles. The minimum Gasteiger partial charge on any atom is -0.355 e. The van der Waals surface area contributed by atoms with E-state index in [0.717, 1.165) is 6.29 Å². The second-order valence-corrected chi connectivity index (χ2v) is 7.44. The van der Waals surface area contributed by atoms with Crippen LogP contribution in [0.2, 0.25) is 5.02 Å². The summed E-state index contributed by atoms with van der Waals surface area (Å²) in [7, 11) is 1.82. The van der Waals surface area contributed by atoms with E-state index in [2.05, 4.69) is 10.5 Å². The van der Waals surface area contributed by atoms with Crippen molar-refractivity contribution in [1.29, 1.82) is 0 Å². The third-order valence-corrected chi connectivity index (χ3v) is 4.69. The van der Waals surface area contributed by atoms with Crippen LogP contribution in [0.1, 0.15) is 37.7 Å². The second kappa shape index (κ2) is 9.67. The van der Waals surface area contributed by atoms with Gasteiger partial charge in [-0.05, 0) is 38.4 Å². The van der Waals surface area contributed by atoms with Gasteiger partial charge >= 0.3 is 0 Å². The largest absolute Gasteiger partial charge is 0.355 e. The summed E-state index contributed by atoms with van der Waals surface area (Å²) in [5.74, 6) is 0.352. The summed E-state index contributed by atoms with van der Waals surface area (Å²) in [6.07, 6.45) is 1.41. The molecule has 0 bridgehead atoms. The van der Waals surface area contributed by atoms with Gasteiger partial charge in [0.2, 0.25) is 0 Å². The number of nitrogens with one attached hydrogen (secondary N) is 1. The van der Waals surface area contributed by atoms with Gasteiger partial charge in [-0.3, -0.25) is 4.79 Å². The Labute approximate surface area is 164 Å². The fourth-order valence-corrected chi connectivity index (χ4v) is 3.03. The topological polar surface area (TPSA) is 75.4 Å². The third kappa shape index (κ3) is 5.40. The van der Waals surface area contributed by atoms with Gasteiger partial charge in [0, 0.05) is 24.2 Å². The summed E-state index contributed by atoms with van der Waals surface area (Å²) in [6, 6.07) is 8.26. The lowest BCUT2D eigenvalue weighted by atomic mass is 10.0. The average Bonchev–Trinajstić information content (AvgIpc) is 3.13. The Balaban J connectivity index is 2.31. The second-order valence-electron chi connectivity index (χ2n) is 7.04. The van der Waals surface area contributed by atoms with E-state index in [4.69, 9.17) is 16.1 Å². The number of carbonyl (C=O) groups excluding carboxylic acids is 2. The molecule has 2 atom stereocenters.